The Labute approximate surface area is 173 Å². The van der Waals surface area contributed by atoms with Gasteiger partial charge < -0.3 is 9.80 Å². The first-order valence-electron chi connectivity index (χ1n) is 11.0. The summed E-state index contributed by atoms with van der Waals surface area (Å²) >= 11 is 0. The van der Waals surface area contributed by atoms with Crippen LogP contribution in [0.25, 0.3) is 0 Å². The number of nitrogens with zero attached hydrogens (tertiary/aromatic N) is 4. The summed E-state index contributed by atoms with van der Waals surface area (Å²) in [5, 5.41) is 0. The van der Waals surface area contributed by atoms with Crippen LogP contribution in [-0.2, 0) is 6.54 Å². The molecule has 2 atom stereocenters. The summed E-state index contributed by atoms with van der Waals surface area (Å²) in [5.74, 6) is 0.762. The Bertz CT molecular complexity index is 832. The van der Waals surface area contributed by atoms with Crippen LogP contribution in [0.15, 0.2) is 48.7 Å². The molecular weight excluding hydrogens is 360 g/mol. The normalized spacial score (nSPS) is 24.7. The highest BCUT2D eigenvalue weighted by molar-refractivity contribution is 5.95. The average Bonchev–Trinajstić information content (AvgIpc) is 3.16. The van der Waals surface area contributed by atoms with Crippen molar-refractivity contribution in [3.05, 3.63) is 59.9 Å². The zero-order valence-electron chi connectivity index (χ0n) is 17.0. The number of carbonyl (C=O) groups is 1. The minimum Gasteiger partial charge on any atom is -0.372 e. The Kier molecular flexibility index (Phi) is 5.23. The first-order chi connectivity index (χ1) is 14.3. The lowest BCUT2D eigenvalue weighted by Gasteiger charge is -2.36. The van der Waals surface area contributed by atoms with Crippen molar-refractivity contribution in [3.8, 4) is 0 Å². The van der Waals surface area contributed by atoms with Crippen molar-refractivity contribution in [2.24, 2.45) is 5.92 Å². The molecule has 0 saturated carbocycles. The van der Waals surface area contributed by atoms with E-state index in [1.807, 2.05) is 24.4 Å². The molecule has 4 fully saturated rings. The van der Waals surface area contributed by atoms with E-state index in [4.69, 9.17) is 0 Å². The molecule has 5 heterocycles. The van der Waals surface area contributed by atoms with Gasteiger partial charge in [-0.15, -0.1) is 0 Å². The van der Waals surface area contributed by atoms with E-state index in [9.17, 15) is 4.79 Å². The number of carbonyl (C=O) groups excluding carboxylic acids is 1. The number of hydrogen-bond donors (Lipinski definition) is 0. The molecule has 6 rings (SSSR count). The quantitative estimate of drug-likeness (QED) is 0.802. The van der Waals surface area contributed by atoms with Gasteiger partial charge in [-0.05, 0) is 68.0 Å². The molecule has 5 heteroatoms. The molecule has 1 aromatic carbocycles. The fraction of sp³-hybridized carbons (Fsp3) is 0.500. The Morgan fingerprint density at radius 3 is 2.55 bits per heavy atom. The first-order valence-corrected chi connectivity index (χ1v) is 11.0. The van der Waals surface area contributed by atoms with Gasteiger partial charge in [-0.25, -0.2) is 0 Å². The highest BCUT2D eigenvalue weighted by Crippen LogP contribution is 2.30. The molecule has 5 nitrogen and oxygen atoms in total. The van der Waals surface area contributed by atoms with Crippen molar-refractivity contribution < 1.29 is 4.79 Å². The third kappa shape index (κ3) is 4.01. The molecule has 0 unspecified atom stereocenters. The summed E-state index contributed by atoms with van der Waals surface area (Å²) in [5.41, 5.74) is 3.19. The molecule has 1 aromatic heterocycles. The minimum atomic E-state index is 0.201. The lowest BCUT2D eigenvalue weighted by molar-refractivity contribution is 0.0585. The summed E-state index contributed by atoms with van der Waals surface area (Å²) < 4.78 is 0. The monoisotopic (exact) mass is 390 g/mol. The van der Waals surface area contributed by atoms with Gasteiger partial charge in [0.2, 0.25) is 0 Å². The molecule has 4 aliphatic heterocycles. The highest BCUT2D eigenvalue weighted by atomic mass is 16.2. The standard InChI is InChI=1S/C24H30N4O/c29-24(20-7-10-22(11-8-20)27-13-3-4-14-27)28-16-19-6-9-23(28)18-26(15-19)17-21-5-1-2-12-25-21/h1-2,5,7-8,10-12,19,23H,3-4,6,9,13-18H2/t19-,23+/m0/s1. The van der Waals surface area contributed by atoms with Crippen molar-refractivity contribution >= 4 is 11.6 Å². The van der Waals surface area contributed by atoms with Gasteiger partial charge in [-0.1, -0.05) is 6.07 Å². The van der Waals surface area contributed by atoms with Crippen molar-refractivity contribution in [1.82, 2.24) is 14.8 Å². The number of benzene rings is 1. The molecular formula is C24H30N4O. The van der Waals surface area contributed by atoms with Crippen molar-refractivity contribution in [3.63, 3.8) is 0 Å². The Hall–Kier alpha value is -2.40. The predicted molar refractivity (Wildman–Crippen MR) is 115 cm³/mol. The Balaban J connectivity index is 1.28. The van der Waals surface area contributed by atoms with E-state index in [1.165, 1.54) is 24.9 Å². The summed E-state index contributed by atoms with van der Waals surface area (Å²) in [6, 6.07) is 14.7. The number of pyridine rings is 1. The third-order valence-corrected chi connectivity index (χ3v) is 6.75. The third-order valence-electron chi connectivity index (χ3n) is 6.75. The van der Waals surface area contributed by atoms with Crippen molar-refractivity contribution in [2.45, 2.75) is 38.3 Å². The van der Waals surface area contributed by atoms with Gasteiger partial charge in [0.1, 0.15) is 0 Å². The number of amides is 1. The van der Waals surface area contributed by atoms with Crippen molar-refractivity contribution in [1.29, 1.82) is 0 Å². The fourth-order valence-corrected chi connectivity index (χ4v) is 5.23. The second-order valence-electron chi connectivity index (χ2n) is 8.81. The largest absolute Gasteiger partial charge is 0.372 e. The number of rotatable bonds is 4. The second kappa shape index (κ2) is 8.15. The van der Waals surface area contributed by atoms with E-state index < -0.39 is 0 Å². The molecule has 2 aromatic rings. The molecule has 4 aliphatic rings. The maximum Gasteiger partial charge on any atom is 0.254 e. The van der Waals surface area contributed by atoms with Gasteiger partial charge in [0.15, 0.2) is 0 Å². The van der Waals surface area contributed by atoms with E-state index in [-0.39, 0.29) is 5.91 Å². The minimum absolute atomic E-state index is 0.201. The second-order valence-corrected chi connectivity index (χ2v) is 8.81. The molecule has 0 spiro atoms. The Morgan fingerprint density at radius 1 is 0.966 bits per heavy atom. The number of hydrogen-bond acceptors (Lipinski definition) is 4. The van der Waals surface area contributed by atoms with Crippen LogP contribution in [0, 0.1) is 5.92 Å². The van der Waals surface area contributed by atoms with Crippen LogP contribution in [0.2, 0.25) is 0 Å². The van der Waals surface area contributed by atoms with Crippen LogP contribution in [0.3, 0.4) is 0 Å². The molecule has 1 amide bonds. The first kappa shape index (κ1) is 18.6. The smallest absolute Gasteiger partial charge is 0.254 e. The highest BCUT2D eigenvalue weighted by Gasteiger charge is 2.37. The van der Waals surface area contributed by atoms with Crippen molar-refractivity contribution in [2.75, 3.05) is 37.6 Å². The molecule has 152 valence electrons. The van der Waals surface area contributed by atoms with E-state index >= 15 is 0 Å². The lowest BCUT2D eigenvalue weighted by Crippen LogP contribution is -2.47. The summed E-state index contributed by atoms with van der Waals surface area (Å²) in [6.45, 7) is 6.04. The molecule has 4 saturated heterocycles. The zero-order chi connectivity index (χ0) is 19.6. The van der Waals surface area contributed by atoms with Gasteiger partial charge in [0.25, 0.3) is 5.91 Å². The molecule has 29 heavy (non-hydrogen) atoms. The predicted octanol–water partition coefficient (Wildman–Crippen LogP) is 3.42. The number of piperidine rings is 1. The summed E-state index contributed by atoms with van der Waals surface area (Å²) in [7, 11) is 0. The summed E-state index contributed by atoms with van der Waals surface area (Å²) in [4.78, 5) is 24.9. The number of anilines is 1. The molecule has 2 bridgehead atoms. The van der Waals surface area contributed by atoms with Crippen LogP contribution in [0.4, 0.5) is 5.69 Å². The lowest BCUT2D eigenvalue weighted by atomic mass is 9.94. The van der Waals surface area contributed by atoms with Gasteiger partial charge in [0, 0.05) is 62.8 Å². The van der Waals surface area contributed by atoms with Gasteiger partial charge in [-0.3, -0.25) is 14.7 Å². The Morgan fingerprint density at radius 2 is 1.79 bits per heavy atom. The van der Waals surface area contributed by atoms with Gasteiger partial charge in [-0.2, -0.15) is 0 Å². The maximum atomic E-state index is 13.3. The maximum absolute atomic E-state index is 13.3. The van der Waals surface area contributed by atoms with Crippen LogP contribution in [0.1, 0.15) is 41.7 Å². The fourth-order valence-electron chi connectivity index (χ4n) is 5.23. The van der Waals surface area contributed by atoms with Gasteiger partial charge >= 0.3 is 0 Å². The molecule has 0 radical (unpaired) electrons. The molecule has 0 N–H and O–H groups in total. The van der Waals surface area contributed by atoms with E-state index in [0.29, 0.717) is 12.0 Å². The zero-order valence-corrected chi connectivity index (χ0v) is 17.0. The number of fused-ring (bicyclic) bond motifs is 4. The van der Waals surface area contributed by atoms with Crippen LogP contribution in [0.5, 0.6) is 0 Å². The van der Waals surface area contributed by atoms with Gasteiger partial charge in [0.05, 0.1) is 5.69 Å². The SMILES string of the molecule is O=C(c1ccc(N2CCCC2)cc1)N1C[C@H]2CC[C@@H]1CN(Cc1ccccn1)C2. The van der Waals surface area contributed by atoms with E-state index in [0.717, 1.165) is 56.9 Å². The van der Waals surface area contributed by atoms with Crippen LogP contribution < -0.4 is 4.90 Å². The van der Waals surface area contributed by atoms with Crippen LogP contribution in [-0.4, -0.2) is 59.5 Å². The summed E-state index contributed by atoms with van der Waals surface area (Å²) in [6.07, 6.45) is 6.74. The van der Waals surface area contributed by atoms with E-state index in [2.05, 4.69) is 43.9 Å². The topological polar surface area (TPSA) is 39.7 Å². The van der Waals surface area contributed by atoms with E-state index in [1.54, 1.807) is 0 Å². The number of aromatic nitrogens is 1. The molecule has 0 aliphatic carbocycles. The average molecular weight is 391 g/mol. The van der Waals surface area contributed by atoms with Crippen LogP contribution >= 0.6 is 0 Å².